The van der Waals surface area contributed by atoms with Gasteiger partial charge in [0.25, 0.3) is 0 Å². The summed E-state index contributed by atoms with van der Waals surface area (Å²) in [5.74, 6) is 0. The van der Waals surface area contributed by atoms with Crippen LogP contribution >= 0.6 is 0 Å². The zero-order valence-corrected chi connectivity index (χ0v) is 12.5. The predicted octanol–water partition coefficient (Wildman–Crippen LogP) is 1.41. The van der Waals surface area contributed by atoms with Gasteiger partial charge in [0.15, 0.2) is 0 Å². The van der Waals surface area contributed by atoms with E-state index in [0.717, 1.165) is 32.6 Å². The van der Waals surface area contributed by atoms with Crippen LogP contribution < -0.4 is 0 Å². The summed E-state index contributed by atoms with van der Waals surface area (Å²) in [7, 11) is 6.73. The molecular weight excluding hydrogens is 234 g/mol. The van der Waals surface area contributed by atoms with Gasteiger partial charge in [-0.2, -0.15) is 0 Å². The highest BCUT2D eigenvalue weighted by atomic mass is 15.2. The van der Waals surface area contributed by atoms with E-state index in [-0.39, 0.29) is 0 Å². The molecule has 0 aliphatic carbocycles. The van der Waals surface area contributed by atoms with E-state index in [0.29, 0.717) is 6.04 Å². The molecule has 3 heteroatoms. The molecule has 1 aliphatic rings. The fourth-order valence-corrected chi connectivity index (χ4v) is 2.66. The molecule has 1 atom stereocenters. The van der Waals surface area contributed by atoms with Gasteiger partial charge in [-0.05, 0) is 33.1 Å². The van der Waals surface area contributed by atoms with Gasteiger partial charge in [0.2, 0.25) is 0 Å². The fourth-order valence-electron chi connectivity index (χ4n) is 2.66. The van der Waals surface area contributed by atoms with E-state index >= 15 is 0 Å². The van der Waals surface area contributed by atoms with Gasteiger partial charge in [0.05, 0.1) is 0 Å². The van der Waals surface area contributed by atoms with Gasteiger partial charge in [-0.25, -0.2) is 0 Å². The van der Waals surface area contributed by atoms with Crippen LogP contribution in [-0.4, -0.2) is 74.6 Å². The Labute approximate surface area is 117 Å². The Morgan fingerprint density at radius 1 is 0.895 bits per heavy atom. The van der Waals surface area contributed by atoms with Crippen molar-refractivity contribution in [3.05, 3.63) is 35.9 Å². The minimum absolute atomic E-state index is 0.610. The predicted molar refractivity (Wildman–Crippen MR) is 81.6 cm³/mol. The molecule has 0 radical (unpaired) electrons. The smallest absolute Gasteiger partial charge is 0.0260 e. The molecule has 1 saturated heterocycles. The summed E-state index contributed by atoms with van der Waals surface area (Å²) < 4.78 is 0. The summed E-state index contributed by atoms with van der Waals surface area (Å²) in [5, 5.41) is 0. The van der Waals surface area contributed by atoms with Crippen LogP contribution in [0.2, 0.25) is 0 Å². The maximum atomic E-state index is 2.52. The van der Waals surface area contributed by atoms with Gasteiger partial charge in [-0.15, -0.1) is 0 Å². The first-order chi connectivity index (χ1) is 9.15. The molecule has 0 amide bonds. The van der Waals surface area contributed by atoms with E-state index in [1.807, 2.05) is 0 Å². The van der Waals surface area contributed by atoms with Crippen molar-refractivity contribution in [2.24, 2.45) is 0 Å². The number of benzene rings is 1. The van der Waals surface area contributed by atoms with Crippen LogP contribution in [-0.2, 0) is 6.42 Å². The molecule has 0 saturated carbocycles. The normalized spacial score (nSPS) is 24.7. The monoisotopic (exact) mass is 261 g/mol. The van der Waals surface area contributed by atoms with Crippen LogP contribution in [0.15, 0.2) is 30.3 Å². The fraction of sp³-hybridized carbons (Fsp3) is 0.625. The minimum Gasteiger partial charge on any atom is -0.304 e. The number of hydrogen-bond donors (Lipinski definition) is 0. The van der Waals surface area contributed by atoms with Crippen molar-refractivity contribution in [1.29, 1.82) is 0 Å². The molecule has 0 bridgehead atoms. The van der Waals surface area contributed by atoms with Crippen LogP contribution in [0.1, 0.15) is 5.56 Å². The summed E-state index contributed by atoms with van der Waals surface area (Å²) >= 11 is 0. The average Bonchev–Trinajstić information content (AvgIpc) is 2.47. The highest BCUT2D eigenvalue weighted by Gasteiger charge is 2.19. The lowest BCUT2D eigenvalue weighted by Crippen LogP contribution is -2.43. The van der Waals surface area contributed by atoms with Crippen molar-refractivity contribution in [1.82, 2.24) is 14.7 Å². The highest BCUT2D eigenvalue weighted by Crippen LogP contribution is 2.10. The van der Waals surface area contributed by atoms with Crippen molar-refractivity contribution in [3.63, 3.8) is 0 Å². The molecule has 1 aromatic carbocycles. The second-order valence-corrected chi connectivity index (χ2v) is 5.89. The molecule has 0 spiro atoms. The maximum Gasteiger partial charge on any atom is 0.0260 e. The SMILES string of the molecule is CN1CCN(C)CC(Cc2ccccc2)N(C)CC1. The molecule has 1 aromatic rings. The largest absolute Gasteiger partial charge is 0.304 e. The van der Waals surface area contributed by atoms with E-state index in [4.69, 9.17) is 0 Å². The molecule has 0 N–H and O–H groups in total. The molecule has 1 unspecified atom stereocenters. The maximum absolute atomic E-state index is 2.52. The van der Waals surface area contributed by atoms with Crippen LogP contribution in [0.3, 0.4) is 0 Å². The van der Waals surface area contributed by atoms with E-state index in [1.54, 1.807) is 0 Å². The second kappa shape index (κ2) is 7.04. The van der Waals surface area contributed by atoms with Gasteiger partial charge in [-0.3, -0.25) is 0 Å². The summed E-state index contributed by atoms with van der Waals surface area (Å²) in [5.41, 5.74) is 1.44. The molecule has 1 heterocycles. The molecule has 2 rings (SSSR count). The Hall–Kier alpha value is -0.900. The van der Waals surface area contributed by atoms with Crippen molar-refractivity contribution < 1.29 is 0 Å². The van der Waals surface area contributed by atoms with Crippen LogP contribution in [0.4, 0.5) is 0 Å². The molecule has 106 valence electrons. The Morgan fingerprint density at radius 2 is 1.53 bits per heavy atom. The Bertz CT molecular complexity index is 366. The number of nitrogens with zero attached hydrogens (tertiary/aromatic N) is 3. The second-order valence-electron chi connectivity index (χ2n) is 5.89. The summed E-state index contributed by atoms with van der Waals surface area (Å²) in [6.45, 7) is 5.80. The third-order valence-corrected chi connectivity index (χ3v) is 4.16. The lowest BCUT2D eigenvalue weighted by molar-refractivity contribution is 0.191. The van der Waals surface area contributed by atoms with Crippen LogP contribution in [0, 0.1) is 0 Å². The Balaban J connectivity index is 2.03. The van der Waals surface area contributed by atoms with Crippen molar-refractivity contribution in [3.8, 4) is 0 Å². The summed E-state index contributed by atoms with van der Waals surface area (Å²) in [6.07, 6.45) is 1.14. The first-order valence-electron chi connectivity index (χ1n) is 7.26. The molecular formula is C16H27N3. The van der Waals surface area contributed by atoms with E-state index in [9.17, 15) is 0 Å². The number of hydrogen-bond acceptors (Lipinski definition) is 3. The van der Waals surface area contributed by atoms with Gasteiger partial charge in [0, 0.05) is 38.8 Å². The van der Waals surface area contributed by atoms with Crippen molar-refractivity contribution in [2.75, 3.05) is 53.9 Å². The molecule has 3 nitrogen and oxygen atoms in total. The highest BCUT2D eigenvalue weighted by molar-refractivity contribution is 5.16. The topological polar surface area (TPSA) is 9.72 Å². The van der Waals surface area contributed by atoms with Gasteiger partial charge in [-0.1, -0.05) is 30.3 Å². The van der Waals surface area contributed by atoms with Crippen LogP contribution in [0.5, 0.6) is 0 Å². The molecule has 1 fully saturated rings. The van der Waals surface area contributed by atoms with Crippen molar-refractivity contribution >= 4 is 0 Å². The minimum atomic E-state index is 0.610. The lowest BCUT2D eigenvalue weighted by Gasteiger charge is -2.30. The number of rotatable bonds is 2. The van der Waals surface area contributed by atoms with Crippen LogP contribution in [0.25, 0.3) is 0 Å². The standard InChI is InChI=1S/C16H27N3/c1-17-9-10-18(2)14-16(19(3)12-11-17)13-15-7-5-4-6-8-15/h4-8,16H,9-14H2,1-3H3. The summed E-state index contributed by atoms with van der Waals surface area (Å²) in [4.78, 5) is 7.41. The van der Waals surface area contributed by atoms with Crippen molar-refractivity contribution in [2.45, 2.75) is 12.5 Å². The van der Waals surface area contributed by atoms with Gasteiger partial charge >= 0.3 is 0 Å². The first-order valence-corrected chi connectivity index (χ1v) is 7.26. The number of likely N-dealkylation sites (N-methyl/N-ethyl adjacent to an activating group) is 3. The van der Waals surface area contributed by atoms with Gasteiger partial charge in [0.1, 0.15) is 0 Å². The zero-order chi connectivity index (χ0) is 13.7. The third-order valence-electron chi connectivity index (χ3n) is 4.16. The van der Waals surface area contributed by atoms with E-state index in [2.05, 4.69) is 66.2 Å². The first kappa shape index (κ1) is 14.5. The molecule has 19 heavy (non-hydrogen) atoms. The molecule has 1 aliphatic heterocycles. The molecule has 0 aromatic heterocycles. The van der Waals surface area contributed by atoms with E-state index < -0.39 is 0 Å². The third kappa shape index (κ3) is 4.60. The van der Waals surface area contributed by atoms with Gasteiger partial charge < -0.3 is 14.7 Å². The quantitative estimate of drug-likeness (QED) is 0.797. The Morgan fingerprint density at radius 3 is 2.26 bits per heavy atom. The zero-order valence-electron chi connectivity index (χ0n) is 12.5. The van der Waals surface area contributed by atoms with E-state index in [1.165, 1.54) is 12.1 Å². The Kier molecular flexibility index (Phi) is 5.37. The lowest BCUT2D eigenvalue weighted by atomic mass is 10.0. The average molecular weight is 261 g/mol. The summed E-state index contributed by atoms with van der Waals surface area (Å²) in [6, 6.07) is 11.5.